The van der Waals surface area contributed by atoms with Gasteiger partial charge in [0.05, 0.1) is 0 Å². The van der Waals surface area contributed by atoms with Crippen LogP contribution in [0.2, 0.25) is 0 Å². The fourth-order valence-corrected chi connectivity index (χ4v) is 2.80. The van der Waals surface area contributed by atoms with E-state index < -0.39 is 0 Å². The molecule has 0 heterocycles. The van der Waals surface area contributed by atoms with Crippen molar-refractivity contribution in [1.29, 1.82) is 0 Å². The molecule has 58 valence electrons. The van der Waals surface area contributed by atoms with E-state index in [4.69, 9.17) is 0 Å². The van der Waals surface area contributed by atoms with Crippen molar-refractivity contribution in [3.63, 3.8) is 0 Å². The van der Waals surface area contributed by atoms with Crippen molar-refractivity contribution in [1.82, 2.24) is 0 Å². The monoisotopic (exact) mass is 160 g/mol. The molecule has 2 aliphatic rings. The van der Waals surface area contributed by atoms with Gasteiger partial charge in [-0.05, 0) is 0 Å². The third-order valence-corrected chi connectivity index (χ3v) is 4.36. The maximum Gasteiger partial charge on any atom is 1.00 e. The van der Waals surface area contributed by atoms with E-state index in [-0.39, 0.29) is 29.6 Å². The van der Waals surface area contributed by atoms with Gasteiger partial charge in [0.15, 0.2) is 0 Å². The van der Waals surface area contributed by atoms with Crippen LogP contribution in [-0.2, 0) is 0 Å². The molecule has 2 bridgehead atoms. The van der Waals surface area contributed by atoms with Gasteiger partial charge < -0.3 is 6.42 Å². The summed E-state index contributed by atoms with van der Waals surface area (Å²) in [5.74, 6) is 0.998. The average molecular weight is 160 g/mol. The molecule has 2 saturated carbocycles. The van der Waals surface area contributed by atoms with Crippen LogP contribution >= 0.6 is 0 Å². The first kappa shape index (κ1) is 10.1. The van der Waals surface area contributed by atoms with E-state index in [1.807, 2.05) is 0 Å². The van der Waals surface area contributed by atoms with Crippen LogP contribution in [0.1, 0.15) is 40.0 Å². The average Bonchev–Trinajstić information content (AvgIpc) is 2.18. The van der Waals surface area contributed by atoms with Crippen molar-refractivity contribution in [2.24, 2.45) is 16.7 Å². The largest absolute Gasteiger partial charge is 1.00 e. The van der Waals surface area contributed by atoms with Crippen molar-refractivity contribution in [2.45, 2.75) is 40.0 Å². The Kier molecular flexibility index (Phi) is 2.52. The molecule has 0 saturated heterocycles. The molecule has 0 aromatic heterocycles. The van der Waals surface area contributed by atoms with Crippen molar-refractivity contribution in [3.8, 4) is 0 Å². The van der Waals surface area contributed by atoms with E-state index in [1.165, 1.54) is 19.3 Å². The Morgan fingerprint density at radius 2 is 1.91 bits per heavy atom. The molecule has 2 rings (SSSR count). The Morgan fingerprint density at radius 1 is 1.27 bits per heavy atom. The molecule has 0 aliphatic heterocycles. The van der Waals surface area contributed by atoms with Crippen molar-refractivity contribution in [2.75, 3.05) is 0 Å². The van der Waals surface area contributed by atoms with Gasteiger partial charge in [-0.3, -0.25) is 0 Å². The molecule has 0 nitrogen and oxygen atoms in total. The zero-order chi connectivity index (χ0) is 7.41. The molecule has 1 heteroatoms. The van der Waals surface area contributed by atoms with E-state index in [9.17, 15) is 0 Å². The summed E-state index contributed by atoms with van der Waals surface area (Å²) < 4.78 is 0. The molecule has 11 heavy (non-hydrogen) atoms. The fourth-order valence-electron chi connectivity index (χ4n) is 2.80. The maximum atomic E-state index is 2.56. The van der Waals surface area contributed by atoms with E-state index >= 15 is 0 Å². The summed E-state index contributed by atoms with van der Waals surface area (Å²) in [7, 11) is 0. The Balaban J connectivity index is 0.000000605. The Bertz CT molecular complexity index is 150. The van der Waals surface area contributed by atoms with Gasteiger partial charge in [-0.15, -0.1) is 0 Å². The van der Waals surface area contributed by atoms with Gasteiger partial charge in [-0.1, -0.05) is 44.9 Å². The summed E-state index contributed by atoms with van der Waals surface area (Å²) in [5, 5.41) is 0. The van der Waals surface area contributed by atoms with Gasteiger partial charge in [0.25, 0.3) is 0 Å². The topological polar surface area (TPSA) is 0 Å². The summed E-state index contributed by atoms with van der Waals surface area (Å²) in [6.45, 7) is 7.31. The van der Waals surface area contributed by atoms with Gasteiger partial charge in [0.1, 0.15) is 0 Å². The summed E-state index contributed by atoms with van der Waals surface area (Å²) in [6.07, 6.45) is 6.84. The molecule has 0 radical (unpaired) electrons. The minimum atomic E-state index is 0. The zero-order valence-corrected chi connectivity index (χ0v) is 10.3. The molecule has 0 spiro atoms. The molecule has 2 fully saturated rings. The Morgan fingerprint density at radius 3 is 2.00 bits per heavy atom. The molecule has 0 aromatic carbocycles. The first-order valence-corrected chi connectivity index (χ1v) is 4.41. The van der Waals surface area contributed by atoms with E-state index in [0.717, 1.165) is 5.92 Å². The molecule has 0 N–H and O–H groups in total. The second-order valence-electron chi connectivity index (χ2n) is 4.81. The first-order valence-electron chi connectivity index (χ1n) is 4.41. The smallest absolute Gasteiger partial charge is 0.322 e. The molecular weight excluding hydrogens is 143 g/mol. The summed E-state index contributed by atoms with van der Waals surface area (Å²) in [5.41, 5.74) is 1.19. The predicted molar refractivity (Wildman–Crippen MR) is 43.5 cm³/mol. The molecule has 2 atom stereocenters. The standard InChI is InChI=1S/C10H17.Na/c1-9(2)8-4-6-10(9,3)7-5-8;/h6,8H,4-5,7H2,1-3H3;/q-1;+1. The quantitative estimate of drug-likeness (QED) is 0.347. The van der Waals surface area contributed by atoms with Gasteiger partial charge in [0.2, 0.25) is 0 Å². The first-order chi connectivity index (χ1) is 4.56. The number of hydrogen-bond acceptors (Lipinski definition) is 0. The maximum absolute atomic E-state index is 2.56. The summed E-state index contributed by atoms with van der Waals surface area (Å²) in [4.78, 5) is 0. The van der Waals surface area contributed by atoms with E-state index in [1.54, 1.807) is 0 Å². The van der Waals surface area contributed by atoms with E-state index in [2.05, 4.69) is 27.2 Å². The minimum absolute atomic E-state index is 0. The number of fused-ring (bicyclic) bond motifs is 2. The molecular formula is C10H17Na. The van der Waals surface area contributed by atoms with Gasteiger partial charge in [-0.25, -0.2) is 0 Å². The number of rotatable bonds is 0. The van der Waals surface area contributed by atoms with Crippen LogP contribution < -0.4 is 29.6 Å². The second kappa shape index (κ2) is 2.75. The van der Waals surface area contributed by atoms with Crippen molar-refractivity contribution in [3.05, 3.63) is 6.42 Å². The summed E-state index contributed by atoms with van der Waals surface area (Å²) >= 11 is 0. The zero-order valence-electron chi connectivity index (χ0n) is 8.28. The molecule has 2 unspecified atom stereocenters. The van der Waals surface area contributed by atoms with Crippen LogP contribution in [0, 0.1) is 23.2 Å². The normalized spacial score (nSPS) is 45.5. The number of hydrogen-bond donors (Lipinski definition) is 0. The van der Waals surface area contributed by atoms with Crippen LogP contribution in [0.25, 0.3) is 0 Å². The van der Waals surface area contributed by atoms with Gasteiger partial charge in [0, 0.05) is 0 Å². The molecule has 0 amide bonds. The Labute approximate surface area is 92.4 Å². The van der Waals surface area contributed by atoms with Crippen LogP contribution in [0.5, 0.6) is 0 Å². The SMILES string of the molecule is CC12[CH-]CC(CC1)C2(C)C.[Na+]. The van der Waals surface area contributed by atoms with Crippen LogP contribution in [0.15, 0.2) is 0 Å². The summed E-state index contributed by atoms with van der Waals surface area (Å²) in [6, 6.07) is 0. The van der Waals surface area contributed by atoms with Crippen LogP contribution in [0.3, 0.4) is 0 Å². The predicted octanol–water partition coefficient (Wildman–Crippen LogP) is 0.0409. The van der Waals surface area contributed by atoms with Crippen molar-refractivity contribution < 1.29 is 29.6 Å². The molecule has 2 aliphatic carbocycles. The van der Waals surface area contributed by atoms with Crippen LogP contribution in [0.4, 0.5) is 0 Å². The fraction of sp³-hybridized carbons (Fsp3) is 0.900. The minimum Gasteiger partial charge on any atom is -0.322 e. The molecule has 0 aromatic rings. The second-order valence-corrected chi connectivity index (χ2v) is 4.81. The Hall–Kier alpha value is 1.00. The van der Waals surface area contributed by atoms with Gasteiger partial charge >= 0.3 is 29.6 Å². The third-order valence-electron chi connectivity index (χ3n) is 4.36. The van der Waals surface area contributed by atoms with Gasteiger partial charge in [-0.2, -0.15) is 11.8 Å². The van der Waals surface area contributed by atoms with E-state index in [0.29, 0.717) is 10.8 Å². The van der Waals surface area contributed by atoms with Crippen molar-refractivity contribution >= 4 is 0 Å². The van der Waals surface area contributed by atoms with Crippen LogP contribution in [-0.4, -0.2) is 0 Å². The third kappa shape index (κ3) is 1.14.